The molecular formula is C10H13F3N4O. The molecule has 1 saturated heterocycles. The van der Waals surface area contributed by atoms with Gasteiger partial charge in [-0.1, -0.05) is 0 Å². The molecule has 2 atom stereocenters. The number of hydrogen-bond acceptors (Lipinski definition) is 5. The molecular weight excluding hydrogens is 249 g/mol. The molecule has 0 saturated carbocycles. The smallest absolute Gasteiger partial charge is 0.390 e. The lowest BCUT2D eigenvalue weighted by molar-refractivity contribution is -0.138. The lowest BCUT2D eigenvalue weighted by Crippen LogP contribution is -2.51. The van der Waals surface area contributed by atoms with E-state index < -0.39 is 17.8 Å². The van der Waals surface area contributed by atoms with Gasteiger partial charge in [0.15, 0.2) is 0 Å². The maximum Gasteiger partial charge on any atom is 0.419 e. The second-order valence-corrected chi connectivity index (χ2v) is 4.24. The van der Waals surface area contributed by atoms with E-state index >= 15 is 0 Å². The average Bonchev–Trinajstić information content (AvgIpc) is 2.32. The number of anilines is 1. The Morgan fingerprint density at radius 1 is 1.33 bits per heavy atom. The fourth-order valence-corrected chi connectivity index (χ4v) is 1.76. The molecule has 0 aromatic carbocycles. The SMILES string of the molecule is N[C@@H]1CCN(c2ncc(C(F)(F)F)cn2)C[C@H]1O. The molecule has 1 aliphatic heterocycles. The van der Waals surface area contributed by atoms with Gasteiger partial charge < -0.3 is 15.7 Å². The number of alkyl halides is 3. The zero-order chi connectivity index (χ0) is 13.3. The summed E-state index contributed by atoms with van der Waals surface area (Å²) in [5.74, 6) is 0.175. The molecule has 2 rings (SSSR count). The molecule has 1 aromatic rings. The summed E-state index contributed by atoms with van der Waals surface area (Å²) in [4.78, 5) is 8.96. The molecule has 0 unspecified atom stereocenters. The van der Waals surface area contributed by atoms with Crippen molar-refractivity contribution in [3.63, 3.8) is 0 Å². The largest absolute Gasteiger partial charge is 0.419 e. The number of aromatic nitrogens is 2. The standard InChI is InChI=1S/C10H13F3N4O/c11-10(12,13)6-3-15-9(16-4-6)17-2-1-7(14)8(18)5-17/h3-4,7-8,18H,1-2,5,14H2/t7-,8-/m1/s1. The van der Waals surface area contributed by atoms with Gasteiger partial charge in [-0.3, -0.25) is 0 Å². The molecule has 0 aliphatic carbocycles. The lowest BCUT2D eigenvalue weighted by atomic mass is 10.0. The van der Waals surface area contributed by atoms with Crippen LogP contribution in [0, 0.1) is 0 Å². The number of hydrogen-bond donors (Lipinski definition) is 2. The van der Waals surface area contributed by atoms with E-state index in [0.29, 0.717) is 13.0 Å². The highest BCUT2D eigenvalue weighted by Crippen LogP contribution is 2.28. The van der Waals surface area contributed by atoms with Gasteiger partial charge >= 0.3 is 6.18 Å². The van der Waals surface area contributed by atoms with Crippen LogP contribution in [0.5, 0.6) is 0 Å². The highest BCUT2D eigenvalue weighted by Gasteiger charge is 2.32. The Labute approximate surface area is 101 Å². The maximum atomic E-state index is 12.3. The molecule has 8 heteroatoms. The number of β-amino-alcohol motifs (C(OH)–C–C–N with tert-alkyl or cyclic N) is 1. The molecule has 3 N–H and O–H groups in total. The van der Waals surface area contributed by atoms with Gasteiger partial charge in [0, 0.05) is 31.5 Å². The van der Waals surface area contributed by atoms with Gasteiger partial charge in [-0.25, -0.2) is 9.97 Å². The molecule has 5 nitrogen and oxygen atoms in total. The van der Waals surface area contributed by atoms with Gasteiger partial charge in [0.2, 0.25) is 5.95 Å². The van der Waals surface area contributed by atoms with Crippen molar-refractivity contribution in [2.24, 2.45) is 5.73 Å². The molecule has 100 valence electrons. The minimum atomic E-state index is -4.44. The number of aliphatic hydroxyl groups excluding tert-OH is 1. The molecule has 1 aromatic heterocycles. The minimum Gasteiger partial charge on any atom is -0.390 e. The third-order valence-electron chi connectivity index (χ3n) is 2.88. The summed E-state index contributed by atoms with van der Waals surface area (Å²) in [5, 5.41) is 9.59. The third-order valence-corrected chi connectivity index (χ3v) is 2.88. The van der Waals surface area contributed by atoms with E-state index in [-0.39, 0.29) is 18.5 Å². The topological polar surface area (TPSA) is 75.3 Å². The quantitative estimate of drug-likeness (QED) is 0.766. The van der Waals surface area contributed by atoms with Crippen molar-refractivity contribution in [2.45, 2.75) is 24.7 Å². The summed E-state index contributed by atoms with van der Waals surface area (Å²) >= 11 is 0. The first-order chi connectivity index (χ1) is 8.38. The molecule has 0 amide bonds. The first-order valence-electron chi connectivity index (χ1n) is 5.46. The number of aliphatic hydroxyl groups is 1. The van der Waals surface area contributed by atoms with E-state index in [4.69, 9.17) is 5.73 Å². The van der Waals surface area contributed by atoms with Crippen LogP contribution in [0.15, 0.2) is 12.4 Å². The van der Waals surface area contributed by atoms with Gasteiger partial charge in [0.25, 0.3) is 0 Å². The van der Waals surface area contributed by atoms with Crippen molar-refractivity contribution >= 4 is 5.95 Å². The molecule has 1 fully saturated rings. The van der Waals surface area contributed by atoms with E-state index in [0.717, 1.165) is 12.4 Å². The summed E-state index contributed by atoms with van der Waals surface area (Å²) in [6.07, 6.45) is -3.13. The van der Waals surface area contributed by atoms with Crippen molar-refractivity contribution in [1.82, 2.24) is 9.97 Å². The third kappa shape index (κ3) is 2.70. The predicted molar refractivity (Wildman–Crippen MR) is 57.8 cm³/mol. The zero-order valence-electron chi connectivity index (χ0n) is 9.43. The Kier molecular flexibility index (Phi) is 3.40. The van der Waals surface area contributed by atoms with Crippen LogP contribution < -0.4 is 10.6 Å². The summed E-state index contributed by atoms with van der Waals surface area (Å²) < 4.78 is 37.0. The van der Waals surface area contributed by atoms with Crippen molar-refractivity contribution < 1.29 is 18.3 Å². The van der Waals surface area contributed by atoms with Crippen LogP contribution in [0.2, 0.25) is 0 Å². The van der Waals surface area contributed by atoms with Crippen LogP contribution in [0.4, 0.5) is 19.1 Å². The van der Waals surface area contributed by atoms with Crippen molar-refractivity contribution in [2.75, 3.05) is 18.0 Å². The first-order valence-corrected chi connectivity index (χ1v) is 5.46. The van der Waals surface area contributed by atoms with Gasteiger partial charge in [0.1, 0.15) is 0 Å². The number of rotatable bonds is 1. The number of nitrogens with two attached hydrogens (primary N) is 1. The fraction of sp³-hybridized carbons (Fsp3) is 0.600. The Morgan fingerprint density at radius 2 is 1.94 bits per heavy atom. The van der Waals surface area contributed by atoms with Crippen LogP contribution >= 0.6 is 0 Å². The summed E-state index contributed by atoms with van der Waals surface area (Å²) in [7, 11) is 0. The lowest BCUT2D eigenvalue weighted by Gasteiger charge is -2.33. The van der Waals surface area contributed by atoms with E-state index in [1.165, 1.54) is 0 Å². The zero-order valence-corrected chi connectivity index (χ0v) is 9.43. The van der Waals surface area contributed by atoms with E-state index in [1.54, 1.807) is 4.90 Å². The molecule has 2 heterocycles. The second-order valence-electron chi connectivity index (χ2n) is 4.24. The highest BCUT2D eigenvalue weighted by molar-refractivity contribution is 5.31. The molecule has 0 radical (unpaired) electrons. The molecule has 1 aliphatic rings. The summed E-state index contributed by atoms with van der Waals surface area (Å²) in [6, 6.07) is -0.310. The van der Waals surface area contributed by atoms with E-state index in [9.17, 15) is 18.3 Å². The van der Waals surface area contributed by atoms with Crippen molar-refractivity contribution in [3.05, 3.63) is 18.0 Å². The Bertz CT molecular complexity index is 409. The van der Waals surface area contributed by atoms with Gasteiger partial charge in [-0.05, 0) is 6.42 Å². The summed E-state index contributed by atoms with van der Waals surface area (Å²) in [5.41, 5.74) is 4.75. The minimum absolute atomic E-state index is 0.175. The Hall–Kier alpha value is -1.41. The second kappa shape index (κ2) is 4.69. The summed E-state index contributed by atoms with van der Waals surface area (Å²) in [6.45, 7) is 0.746. The number of piperidine rings is 1. The van der Waals surface area contributed by atoms with E-state index in [2.05, 4.69) is 9.97 Å². The van der Waals surface area contributed by atoms with Gasteiger partial charge in [-0.2, -0.15) is 13.2 Å². The maximum absolute atomic E-state index is 12.3. The fourth-order valence-electron chi connectivity index (χ4n) is 1.76. The van der Waals surface area contributed by atoms with E-state index in [1.807, 2.05) is 0 Å². The van der Waals surface area contributed by atoms with Crippen LogP contribution in [0.1, 0.15) is 12.0 Å². The average molecular weight is 262 g/mol. The van der Waals surface area contributed by atoms with Crippen molar-refractivity contribution in [3.8, 4) is 0 Å². The van der Waals surface area contributed by atoms with Gasteiger partial charge in [-0.15, -0.1) is 0 Å². The molecule has 0 bridgehead atoms. The monoisotopic (exact) mass is 262 g/mol. The predicted octanol–water partition coefficient (Wildman–Crippen LogP) is 0.394. The number of nitrogens with zero attached hydrogens (tertiary/aromatic N) is 3. The van der Waals surface area contributed by atoms with Crippen LogP contribution in [0.25, 0.3) is 0 Å². The number of halogens is 3. The van der Waals surface area contributed by atoms with Crippen LogP contribution in [-0.2, 0) is 6.18 Å². The Morgan fingerprint density at radius 3 is 2.44 bits per heavy atom. The van der Waals surface area contributed by atoms with Crippen LogP contribution in [-0.4, -0.2) is 40.3 Å². The Balaban J connectivity index is 2.11. The molecule has 18 heavy (non-hydrogen) atoms. The van der Waals surface area contributed by atoms with Crippen LogP contribution in [0.3, 0.4) is 0 Å². The highest BCUT2D eigenvalue weighted by atomic mass is 19.4. The normalized spacial score (nSPS) is 25.3. The van der Waals surface area contributed by atoms with Crippen molar-refractivity contribution in [1.29, 1.82) is 0 Å². The van der Waals surface area contributed by atoms with Gasteiger partial charge in [0.05, 0.1) is 11.7 Å². The first kappa shape index (κ1) is 13.0. The molecule has 0 spiro atoms.